The molecular formula is C21H26N2O4S. The van der Waals surface area contributed by atoms with Crippen LogP contribution in [0.4, 0.5) is 5.69 Å². The number of aryl methyl sites for hydroxylation is 1. The van der Waals surface area contributed by atoms with Crippen molar-refractivity contribution < 1.29 is 17.9 Å². The lowest BCUT2D eigenvalue weighted by Crippen LogP contribution is -2.43. The van der Waals surface area contributed by atoms with Gasteiger partial charge in [-0.1, -0.05) is 25.1 Å². The Morgan fingerprint density at radius 3 is 2.57 bits per heavy atom. The number of para-hydroxylation sites is 1. The lowest BCUT2D eigenvalue weighted by atomic mass is 9.98. The summed E-state index contributed by atoms with van der Waals surface area (Å²) in [6.45, 7) is 2.65. The van der Waals surface area contributed by atoms with Crippen molar-refractivity contribution in [1.29, 1.82) is 0 Å². The third kappa shape index (κ3) is 4.36. The highest BCUT2D eigenvalue weighted by Crippen LogP contribution is 2.26. The monoisotopic (exact) mass is 402 g/mol. The number of rotatable bonds is 6. The Hall–Kier alpha value is -2.38. The average molecular weight is 403 g/mol. The van der Waals surface area contributed by atoms with Crippen molar-refractivity contribution in [3.8, 4) is 5.75 Å². The SMILES string of the molecule is CCc1ccccc1NC(=O)C1CCCN(S(=O)(=O)c2ccc(OC)cc2)C1. The largest absolute Gasteiger partial charge is 0.497 e. The van der Waals surface area contributed by atoms with Gasteiger partial charge in [-0.2, -0.15) is 4.31 Å². The average Bonchev–Trinajstić information content (AvgIpc) is 2.74. The fraction of sp³-hybridized carbons (Fsp3) is 0.381. The van der Waals surface area contributed by atoms with E-state index in [-0.39, 0.29) is 23.3 Å². The van der Waals surface area contributed by atoms with E-state index in [4.69, 9.17) is 4.74 Å². The first kappa shape index (κ1) is 20.4. The number of hydrogen-bond donors (Lipinski definition) is 1. The molecule has 1 aliphatic rings. The van der Waals surface area contributed by atoms with E-state index in [0.29, 0.717) is 25.1 Å². The highest BCUT2D eigenvalue weighted by molar-refractivity contribution is 7.89. The summed E-state index contributed by atoms with van der Waals surface area (Å²) >= 11 is 0. The smallest absolute Gasteiger partial charge is 0.243 e. The van der Waals surface area contributed by atoms with Gasteiger partial charge in [0.05, 0.1) is 17.9 Å². The Labute approximate surface area is 166 Å². The molecule has 1 fully saturated rings. The molecule has 1 unspecified atom stereocenters. The van der Waals surface area contributed by atoms with Gasteiger partial charge in [0.25, 0.3) is 0 Å². The summed E-state index contributed by atoms with van der Waals surface area (Å²) in [5.41, 5.74) is 1.86. The van der Waals surface area contributed by atoms with E-state index < -0.39 is 10.0 Å². The van der Waals surface area contributed by atoms with E-state index in [2.05, 4.69) is 5.32 Å². The first-order valence-electron chi connectivity index (χ1n) is 9.48. The normalized spacial score (nSPS) is 17.9. The number of sulfonamides is 1. The molecule has 0 spiro atoms. The van der Waals surface area contributed by atoms with Crippen molar-refractivity contribution in [2.75, 3.05) is 25.5 Å². The quantitative estimate of drug-likeness (QED) is 0.804. The van der Waals surface area contributed by atoms with Gasteiger partial charge in [0, 0.05) is 18.8 Å². The van der Waals surface area contributed by atoms with Crippen LogP contribution in [0.1, 0.15) is 25.3 Å². The molecule has 0 radical (unpaired) electrons. The zero-order valence-electron chi connectivity index (χ0n) is 16.2. The highest BCUT2D eigenvalue weighted by atomic mass is 32.2. The molecule has 0 saturated carbocycles. The summed E-state index contributed by atoms with van der Waals surface area (Å²) in [4.78, 5) is 13.0. The van der Waals surface area contributed by atoms with Crippen LogP contribution in [0.15, 0.2) is 53.4 Å². The Morgan fingerprint density at radius 2 is 1.89 bits per heavy atom. The van der Waals surface area contributed by atoms with Gasteiger partial charge < -0.3 is 10.1 Å². The zero-order chi connectivity index (χ0) is 20.1. The topological polar surface area (TPSA) is 75.7 Å². The summed E-state index contributed by atoms with van der Waals surface area (Å²) in [5, 5.41) is 2.98. The van der Waals surface area contributed by atoms with E-state index >= 15 is 0 Å². The maximum Gasteiger partial charge on any atom is 0.243 e. The molecule has 2 aromatic rings. The van der Waals surface area contributed by atoms with E-state index in [1.807, 2.05) is 31.2 Å². The molecule has 0 bridgehead atoms. The Morgan fingerprint density at radius 1 is 1.18 bits per heavy atom. The number of ether oxygens (including phenoxy) is 1. The second kappa shape index (κ2) is 8.75. The van der Waals surface area contributed by atoms with Crippen LogP contribution >= 0.6 is 0 Å². The highest BCUT2D eigenvalue weighted by Gasteiger charge is 2.33. The molecule has 0 aliphatic carbocycles. The van der Waals surface area contributed by atoms with Gasteiger partial charge in [-0.25, -0.2) is 8.42 Å². The van der Waals surface area contributed by atoms with Crippen LogP contribution in [0.2, 0.25) is 0 Å². The van der Waals surface area contributed by atoms with Crippen molar-refractivity contribution in [3.63, 3.8) is 0 Å². The van der Waals surface area contributed by atoms with Crippen LogP contribution in [-0.2, 0) is 21.2 Å². The lowest BCUT2D eigenvalue weighted by Gasteiger charge is -2.31. The lowest BCUT2D eigenvalue weighted by molar-refractivity contribution is -0.120. The van der Waals surface area contributed by atoms with Crippen LogP contribution in [0.3, 0.4) is 0 Å². The summed E-state index contributed by atoms with van der Waals surface area (Å²) in [6, 6.07) is 14.0. The fourth-order valence-electron chi connectivity index (χ4n) is 3.46. The number of carbonyl (C=O) groups excluding carboxylic acids is 1. The Bertz CT molecular complexity index is 926. The van der Waals surface area contributed by atoms with Crippen LogP contribution in [-0.4, -0.2) is 38.8 Å². The number of hydrogen-bond acceptors (Lipinski definition) is 4. The number of carbonyl (C=O) groups is 1. The van der Waals surface area contributed by atoms with Gasteiger partial charge in [0.1, 0.15) is 5.75 Å². The number of anilines is 1. The van der Waals surface area contributed by atoms with Crippen molar-refractivity contribution in [1.82, 2.24) is 4.31 Å². The second-order valence-corrected chi connectivity index (χ2v) is 8.82. The molecule has 1 heterocycles. The molecule has 28 heavy (non-hydrogen) atoms. The molecule has 1 amide bonds. The molecule has 2 aromatic carbocycles. The predicted molar refractivity (Wildman–Crippen MR) is 109 cm³/mol. The number of benzene rings is 2. The van der Waals surface area contributed by atoms with Crippen molar-refractivity contribution in [3.05, 3.63) is 54.1 Å². The van der Waals surface area contributed by atoms with Gasteiger partial charge in [0.15, 0.2) is 0 Å². The first-order valence-corrected chi connectivity index (χ1v) is 10.9. The Kier molecular flexibility index (Phi) is 6.36. The summed E-state index contributed by atoms with van der Waals surface area (Å²) < 4.78 is 32.4. The number of nitrogens with one attached hydrogen (secondary N) is 1. The molecule has 1 saturated heterocycles. The van der Waals surface area contributed by atoms with E-state index in [1.54, 1.807) is 12.1 Å². The standard InChI is InChI=1S/C21H26N2O4S/c1-3-16-7-4-5-9-20(16)22-21(24)17-8-6-14-23(15-17)28(25,26)19-12-10-18(27-2)11-13-19/h4-5,7,9-13,17H,3,6,8,14-15H2,1-2H3,(H,22,24). The maximum absolute atomic E-state index is 13.0. The van der Waals surface area contributed by atoms with E-state index in [1.165, 1.54) is 23.5 Å². The first-order chi connectivity index (χ1) is 13.5. The van der Waals surface area contributed by atoms with Crippen LogP contribution in [0, 0.1) is 5.92 Å². The number of amides is 1. The summed E-state index contributed by atoms with van der Waals surface area (Å²) in [5.74, 6) is 0.103. The molecule has 150 valence electrons. The zero-order valence-corrected chi connectivity index (χ0v) is 17.0. The Balaban J connectivity index is 1.73. The molecule has 1 aliphatic heterocycles. The van der Waals surface area contributed by atoms with Gasteiger partial charge >= 0.3 is 0 Å². The minimum absolute atomic E-state index is 0.129. The van der Waals surface area contributed by atoms with Crippen LogP contribution < -0.4 is 10.1 Å². The minimum atomic E-state index is -3.64. The van der Waals surface area contributed by atoms with Gasteiger partial charge in [-0.05, 0) is 55.2 Å². The van der Waals surface area contributed by atoms with Crippen molar-refractivity contribution >= 4 is 21.6 Å². The van der Waals surface area contributed by atoms with Gasteiger partial charge in [0.2, 0.25) is 15.9 Å². The number of methoxy groups -OCH3 is 1. The second-order valence-electron chi connectivity index (χ2n) is 6.88. The third-order valence-corrected chi connectivity index (χ3v) is 6.99. The maximum atomic E-state index is 13.0. The van der Waals surface area contributed by atoms with Gasteiger partial charge in [-0.15, -0.1) is 0 Å². The number of nitrogens with zero attached hydrogens (tertiary/aromatic N) is 1. The van der Waals surface area contributed by atoms with E-state index in [0.717, 1.165) is 17.7 Å². The minimum Gasteiger partial charge on any atom is -0.497 e. The fourth-order valence-corrected chi connectivity index (χ4v) is 4.98. The third-order valence-electron chi connectivity index (χ3n) is 5.11. The summed E-state index contributed by atoms with van der Waals surface area (Å²) in [7, 11) is -2.11. The summed E-state index contributed by atoms with van der Waals surface area (Å²) in [6.07, 6.45) is 2.15. The molecular weight excluding hydrogens is 376 g/mol. The molecule has 6 nitrogen and oxygen atoms in total. The molecule has 1 atom stereocenters. The van der Waals surface area contributed by atoms with Crippen LogP contribution in [0.5, 0.6) is 5.75 Å². The molecule has 7 heteroatoms. The van der Waals surface area contributed by atoms with Crippen molar-refractivity contribution in [2.45, 2.75) is 31.1 Å². The van der Waals surface area contributed by atoms with Crippen molar-refractivity contribution in [2.24, 2.45) is 5.92 Å². The molecule has 3 rings (SSSR count). The molecule has 0 aromatic heterocycles. The van der Waals surface area contributed by atoms with Gasteiger partial charge in [-0.3, -0.25) is 4.79 Å². The molecule has 1 N–H and O–H groups in total. The predicted octanol–water partition coefficient (Wildman–Crippen LogP) is 3.30. The number of piperidine rings is 1. The van der Waals surface area contributed by atoms with Crippen LogP contribution in [0.25, 0.3) is 0 Å². The van der Waals surface area contributed by atoms with E-state index in [9.17, 15) is 13.2 Å².